The third-order valence-corrected chi connectivity index (χ3v) is 2.29. The highest BCUT2D eigenvalue weighted by atomic mass is 19.1. The largest absolute Gasteiger partial charge is 0.300 e. The van der Waals surface area contributed by atoms with Crippen LogP contribution in [0.15, 0.2) is 18.2 Å². The third-order valence-electron chi connectivity index (χ3n) is 2.29. The fourth-order valence-corrected chi connectivity index (χ4v) is 1.58. The lowest BCUT2D eigenvalue weighted by atomic mass is 10.2. The number of rotatable bonds is 4. The van der Waals surface area contributed by atoms with Crippen molar-refractivity contribution in [2.75, 3.05) is 13.1 Å². The topological polar surface area (TPSA) is 4.44 Å². The fraction of sp³-hybridized carbons (Fsp3) is 0.455. The first-order valence-corrected chi connectivity index (χ1v) is 4.99. The molecule has 1 aromatic rings. The Balaban J connectivity index is 2.92. The SMILES string of the molecule is CCC[NH+](CC)c1ccc(F)cc1F. The zero-order valence-electron chi connectivity index (χ0n) is 8.61. The van der Waals surface area contributed by atoms with E-state index < -0.39 is 11.6 Å². The minimum atomic E-state index is -0.516. The second-order valence-corrected chi connectivity index (χ2v) is 3.33. The second-order valence-electron chi connectivity index (χ2n) is 3.33. The van der Waals surface area contributed by atoms with Crippen LogP contribution in [0, 0.1) is 11.6 Å². The van der Waals surface area contributed by atoms with E-state index in [1.54, 1.807) is 0 Å². The maximum atomic E-state index is 13.4. The molecule has 0 fully saturated rings. The van der Waals surface area contributed by atoms with Crippen LogP contribution in [-0.2, 0) is 0 Å². The number of benzene rings is 1. The van der Waals surface area contributed by atoms with Gasteiger partial charge in [0.05, 0.1) is 13.1 Å². The minimum absolute atomic E-state index is 0.449. The Bertz CT molecular complexity index is 299. The highest BCUT2D eigenvalue weighted by Crippen LogP contribution is 2.10. The highest BCUT2D eigenvalue weighted by Gasteiger charge is 2.14. The lowest BCUT2D eigenvalue weighted by Gasteiger charge is -2.16. The summed E-state index contributed by atoms with van der Waals surface area (Å²) in [5.41, 5.74) is 0.566. The molecule has 0 saturated heterocycles. The molecule has 0 heterocycles. The van der Waals surface area contributed by atoms with Gasteiger partial charge < -0.3 is 4.90 Å². The van der Waals surface area contributed by atoms with E-state index in [9.17, 15) is 8.78 Å². The van der Waals surface area contributed by atoms with Crippen molar-refractivity contribution >= 4 is 5.69 Å². The summed E-state index contributed by atoms with van der Waals surface area (Å²) >= 11 is 0. The van der Waals surface area contributed by atoms with Gasteiger partial charge in [0.1, 0.15) is 5.82 Å². The van der Waals surface area contributed by atoms with Crippen LogP contribution in [0.25, 0.3) is 0 Å². The summed E-state index contributed by atoms with van der Waals surface area (Å²) in [6.07, 6.45) is 0.986. The van der Waals surface area contributed by atoms with Crippen molar-refractivity contribution in [3.05, 3.63) is 29.8 Å². The van der Waals surface area contributed by atoms with Gasteiger partial charge in [-0.05, 0) is 19.4 Å². The molecule has 1 atom stereocenters. The summed E-state index contributed by atoms with van der Waals surface area (Å²) < 4.78 is 26.0. The first kappa shape index (κ1) is 11.1. The van der Waals surface area contributed by atoms with E-state index in [1.807, 2.05) is 6.92 Å². The van der Waals surface area contributed by atoms with Crippen LogP contribution in [0.3, 0.4) is 0 Å². The normalized spacial score (nSPS) is 12.9. The van der Waals surface area contributed by atoms with Gasteiger partial charge in [0.15, 0.2) is 11.5 Å². The van der Waals surface area contributed by atoms with E-state index in [-0.39, 0.29) is 0 Å². The molecular formula is C11H16F2N+. The fourth-order valence-electron chi connectivity index (χ4n) is 1.58. The van der Waals surface area contributed by atoms with E-state index in [2.05, 4.69) is 6.92 Å². The van der Waals surface area contributed by atoms with Crippen LogP contribution in [-0.4, -0.2) is 13.1 Å². The monoisotopic (exact) mass is 200 g/mol. The van der Waals surface area contributed by atoms with E-state index in [4.69, 9.17) is 0 Å². The van der Waals surface area contributed by atoms with Gasteiger partial charge in [0, 0.05) is 12.1 Å². The maximum Gasteiger partial charge on any atom is 0.186 e. The van der Waals surface area contributed by atoms with Crippen molar-refractivity contribution in [2.45, 2.75) is 20.3 Å². The number of hydrogen-bond acceptors (Lipinski definition) is 0. The zero-order valence-corrected chi connectivity index (χ0v) is 8.61. The lowest BCUT2D eigenvalue weighted by Crippen LogP contribution is -3.07. The summed E-state index contributed by atoms with van der Waals surface area (Å²) in [4.78, 5) is 1.06. The van der Waals surface area contributed by atoms with E-state index in [0.29, 0.717) is 5.69 Å². The summed E-state index contributed by atoms with van der Waals surface area (Å²) in [5.74, 6) is -0.964. The molecule has 1 nitrogen and oxygen atoms in total. The average Bonchev–Trinajstić information content (AvgIpc) is 2.15. The molecule has 0 radical (unpaired) electrons. The molecule has 0 spiro atoms. The lowest BCUT2D eigenvalue weighted by molar-refractivity contribution is -0.831. The van der Waals surface area contributed by atoms with Gasteiger partial charge >= 0.3 is 0 Å². The molecule has 1 rings (SSSR count). The Labute approximate surface area is 83.3 Å². The van der Waals surface area contributed by atoms with Gasteiger partial charge in [0.2, 0.25) is 0 Å². The van der Waals surface area contributed by atoms with Crippen molar-refractivity contribution in [3.8, 4) is 0 Å². The Hall–Kier alpha value is -0.960. The van der Waals surface area contributed by atoms with Gasteiger partial charge in [-0.15, -0.1) is 0 Å². The van der Waals surface area contributed by atoms with E-state index in [1.165, 1.54) is 12.1 Å². The summed E-state index contributed by atoms with van der Waals surface area (Å²) in [5, 5.41) is 0. The molecule has 0 aliphatic carbocycles. The van der Waals surface area contributed by atoms with Gasteiger partial charge in [-0.1, -0.05) is 6.92 Å². The quantitative estimate of drug-likeness (QED) is 0.757. The third kappa shape index (κ3) is 2.51. The Morgan fingerprint density at radius 3 is 2.43 bits per heavy atom. The van der Waals surface area contributed by atoms with E-state index in [0.717, 1.165) is 30.5 Å². The predicted molar refractivity (Wildman–Crippen MR) is 52.7 cm³/mol. The van der Waals surface area contributed by atoms with Crippen LogP contribution in [0.1, 0.15) is 20.3 Å². The van der Waals surface area contributed by atoms with Crippen LogP contribution in [0.2, 0.25) is 0 Å². The number of halogens is 2. The molecule has 0 aromatic heterocycles. The van der Waals surface area contributed by atoms with E-state index >= 15 is 0 Å². The number of nitrogens with one attached hydrogen (secondary N) is 1. The molecular weight excluding hydrogens is 184 g/mol. The van der Waals surface area contributed by atoms with Gasteiger partial charge in [-0.2, -0.15) is 0 Å². The van der Waals surface area contributed by atoms with Crippen molar-refractivity contribution < 1.29 is 13.7 Å². The molecule has 1 unspecified atom stereocenters. The zero-order chi connectivity index (χ0) is 10.6. The molecule has 1 N–H and O–H groups in total. The second kappa shape index (κ2) is 5.05. The molecule has 3 heteroatoms. The summed E-state index contributed by atoms with van der Waals surface area (Å²) in [6, 6.07) is 3.78. The van der Waals surface area contributed by atoms with Crippen molar-refractivity contribution in [2.24, 2.45) is 0 Å². The van der Waals surface area contributed by atoms with Crippen LogP contribution in [0.4, 0.5) is 14.5 Å². The van der Waals surface area contributed by atoms with Gasteiger partial charge in [-0.25, -0.2) is 8.78 Å². The Morgan fingerprint density at radius 2 is 1.93 bits per heavy atom. The molecule has 1 aromatic carbocycles. The molecule has 0 aliphatic heterocycles. The first-order chi connectivity index (χ1) is 6.69. The number of hydrogen-bond donors (Lipinski definition) is 1. The number of quaternary nitrogens is 1. The maximum absolute atomic E-state index is 13.4. The molecule has 0 bridgehead atoms. The smallest absolute Gasteiger partial charge is 0.186 e. The Morgan fingerprint density at radius 1 is 1.21 bits per heavy atom. The highest BCUT2D eigenvalue weighted by molar-refractivity contribution is 5.31. The first-order valence-electron chi connectivity index (χ1n) is 4.99. The summed E-state index contributed by atoms with van der Waals surface area (Å²) in [6.45, 7) is 5.74. The standard InChI is InChI=1S/C11H15F2N/c1-3-7-14(4-2)11-6-5-9(12)8-10(11)13/h5-6,8H,3-4,7H2,1-2H3/p+1. The van der Waals surface area contributed by atoms with Gasteiger partial charge in [0.25, 0.3) is 0 Å². The predicted octanol–water partition coefficient (Wildman–Crippen LogP) is 1.91. The Kier molecular flexibility index (Phi) is 4.01. The molecule has 14 heavy (non-hydrogen) atoms. The van der Waals surface area contributed by atoms with Crippen LogP contribution in [0.5, 0.6) is 0 Å². The molecule has 78 valence electrons. The van der Waals surface area contributed by atoms with Crippen LogP contribution >= 0.6 is 0 Å². The van der Waals surface area contributed by atoms with Gasteiger partial charge in [-0.3, -0.25) is 0 Å². The van der Waals surface area contributed by atoms with Crippen molar-refractivity contribution in [3.63, 3.8) is 0 Å². The minimum Gasteiger partial charge on any atom is -0.300 e. The molecule has 0 aliphatic rings. The van der Waals surface area contributed by atoms with Crippen LogP contribution < -0.4 is 4.90 Å². The molecule has 0 saturated carbocycles. The molecule has 0 amide bonds. The average molecular weight is 200 g/mol. The van der Waals surface area contributed by atoms with Crippen molar-refractivity contribution in [1.82, 2.24) is 0 Å². The summed E-state index contributed by atoms with van der Waals surface area (Å²) in [7, 11) is 0. The van der Waals surface area contributed by atoms with Crippen molar-refractivity contribution in [1.29, 1.82) is 0 Å².